The lowest BCUT2D eigenvalue weighted by atomic mass is 10.3. The van der Waals surface area contributed by atoms with Crippen molar-refractivity contribution >= 4 is 21.8 Å². The highest BCUT2D eigenvalue weighted by molar-refractivity contribution is 9.10. The minimum atomic E-state index is -0.0502. The van der Waals surface area contributed by atoms with E-state index in [1.54, 1.807) is 12.3 Å². The summed E-state index contributed by atoms with van der Waals surface area (Å²) in [6.45, 7) is 5.80. The first kappa shape index (κ1) is 12.6. The molecule has 0 spiro atoms. The van der Waals surface area contributed by atoms with Crippen LogP contribution in [0.3, 0.4) is 0 Å². The lowest BCUT2D eigenvalue weighted by Crippen LogP contribution is -2.46. The van der Waals surface area contributed by atoms with Gasteiger partial charge in [-0.2, -0.15) is 0 Å². The average Bonchev–Trinajstić information content (AvgIpc) is 2.77. The van der Waals surface area contributed by atoms with Crippen LogP contribution in [-0.2, 0) is 0 Å². The van der Waals surface area contributed by atoms with Gasteiger partial charge in [-0.05, 0) is 22.0 Å². The fraction of sp³-hybridized carbons (Fsp3) is 0.545. The van der Waals surface area contributed by atoms with Crippen molar-refractivity contribution in [2.75, 3.05) is 39.3 Å². The van der Waals surface area contributed by atoms with E-state index in [4.69, 9.17) is 0 Å². The molecular formula is C11H17BrN4O. The maximum absolute atomic E-state index is 11.7. The first-order chi connectivity index (χ1) is 8.25. The zero-order valence-corrected chi connectivity index (χ0v) is 11.2. The van der Waals surface area contributed by atoms with E-state index >= 15 is 0 Å². The largest absolute Gasteiger partial charge is 0.356 e. The van der Waals surface area contributed by atoms with Gasteiger partial charge in [0, 0.05) is 49.9 Å². The Balaban J connectivity index is 1.69. The summed E-state index contributed by atoms with van der Waals surface area (Å²) in [4.78, 5) is 17.0. The summed E-state index contributed by atoms with van der Waals surface area (Å²) in [7, 11) is 0. The molecule has 2 rings (SSSR count). The van der Waals surface area contributed by atoms with Gasteiger partial charge in [0.2, 0.25) is 0 Å². The Hall–Kier alpha value is -0.850. The Morgan fingerprint density at radius 2 is 2.24 bits per heavy atom. The lowest BCUT2D eigenvalue weighted by Gasteiger charge is -2.26. The summed E-state index contributed by atoms with van der Waals surface area (Å²) < 4.78 is 0.893. The molecule has 17 heavy (non-hydrogen) atoms. The summed E-state index contributed by atoms with van der Waals surface area (Å²) in [6, 6.07) is 1.78. The monoisotopic (exact) mass is 300 g/mol. The number of piperazine rings is 1. The van der Waals surface area contributed by atoms with E-state index in [9.17, 15) is 4.79 Å². The van der Waals surface area contributed by atoms with E-state index in [-0.39, 0.29) is 5.91 Å². The van der Waals surface area contributed by atoms with Crippen molar-refractivity contribution in [2.45, 2.75) is 0 Å². The predicted molar refractivity (Wildman–Crippen MR) is 70.1 cm³/mol. The third-order valence-electron chi connectivity index (χ3n) is 2.82. The van der Waals surface area contributed by atoms with Gasteiger partial charge in [-0.3, -0.25) is 9.69 Å². The SMILES string of the molecule is O=C(NCCN1CCNCC1)c1cc(Br)c[nH]1. The number of hydrogen-bond acceptors (Lipinski definition) is 3. The molecule has 1 aliphatic heterocycles. The van der Waals surface area contributed by atoms with E-state index in [1.165, 1.54) is 0 Å². The molecule has 1 aromatic rings. The van der Waals surface area contributed by atoms with E-state index < -0.39 is 0 Å². The Morgan fingerprint density at radius 3 is 2.88 bits per heavy atom. The number of nitrogens with zero attached hydrogens (tertiary/aromatic N) is 1. The van der Waals surface area contributed by atoms with Crippen molar-refractivity contribution in [3.63, 3.8) is 0 Å². The molecule has 2 heterocycles. The third kappa shape index (κ3) is 3.83. The molecule has 1 aliphatic rings. The Kier molecular flexibility index (Phi) is 4.58. The lowest BCUT2D eigenvalue weighted by molar-refractivity contribution is 0.0943. The molecule has 6 heteroatoms. The number of aromatic amines is 1. The van der Waals surface area contributed by atoms with E-state index in [2.05, 4.69) is 36.4 Å². The molecule has 0 unspecified atom stereocenters. The summed E-state index contributed by atoms with van der Waals surface area (Å²) in [5.74, 6) is -0.0502. The van der Waals surface area contributed by atoms with Gasteiger partial charge in [0.25, 0.3) is 5.91 Å². The van der Waals surface area contributed by atoms with Crippen LogP contribution in [0.25, 0.3) is 0 Å². The smallest absolute Gasteiger partial charge is 0.267 e. The predicted octanol–water partition coefficient (Wildman–Crippen LogP) is 0.412. The van der Waals surface area contributed by atoms with Gasteiger partial charge < -0.3 is 15.6 Å². The van der Waals surface area contributed by atoms with E-state index in [0.717, 1.165) is 37.2 Å². The minimum absolute atomic E-state index is 0.0502. The summed E-state index contributed by atoms with van der Waals surface area (Å²) in [6.07, 6.45) is 1.76. The fourth-order valence-corrected chi connectivity index (χ4v) is 2.20. The number of carbonyl (C=O) groups is 1. The van der Waals surface area contributed by atoms with Crippen LogP contribution in [0.1, 0.15) is 10.5 Å². The fourth-order valence-electron chi connectivity index (χ4n) is 1.86. The number of amides is 1. The quantitative estimate of drug-likeness (QED) is 0.755. The Bertz CT molecular complexity index is 373. The van der Waals surface area contributed by atoms with Gasteiger partial charge in [-0.15, -0.1) is 0 Å². The highest BCUT2D eigenvalue weighted by atomic mass is 79.9. The van der Waals surface area contributed by atoms with Gasteiger partial charge in [-0.25, -0.2) is 0 Å². The molecule has 0 aromatic carbocycles. The summed E-state index contributed by atoms with van der Waals surface area (Å²) in [5.41, 5.74) is 0.595. The number of rotatable bonds is 4. The maximum Gasteiger partial charge on any atom is 0.267 e. The molecule has 0 atom stereocenters. The Morgan fingerprint density at radius 1 is 1.47 bits per heavy atom. The molecule has 94 valence electrons. The van der Waals surface area contributed by atoms with Crippen molar-refractivity contribution in [3.05, 3.63) is 22.4 Å². The molecule has 1 aromatic heterocycles. The topological polar surface area (TPSA) is 60.2 Å². The normalized spacial score (nSPS) is 17.0. The van der Waals surface area contributed by atoms with Crippen molar-refractivity contribution < 1.29 is 4.79 Å². The first-order valence-corrected chi connectivity index (χ1v) is 6.60. The number of halogens is 1. The number of hydrogen-bond donors (Lipinski definition) is 3. The summed E-state index contributed by atoms with van der Waals surface area (Å²) >= 11 is 3.30. The molecular weight excluding hydrogens is 284 g/mol. The molecule has 5 nitrogen and oxygen atoms in total. The van der Waals surface area contributed by atoms with Crippen LogP contribution in [0.4, 0.5) is 0 Å². The van der Waals surface area contributed by atoms with Gasteiger partial charge in [0.05, 0.1) is 0 Å². The van der Waals surface area contributed by atoms with Crippen LogP contribution in [0, 0.1) is 0 Å². The van der Waals surface area contributed by atoms with Crippen molar-refractivity contribution in [3.8, 4) is 0 Å². The van der Waals surface area contributed by atoms with Gasteiger partial charge in [-0.1, -0.05) is 0 Å². The van der Waals surface area contributed by atoms with Crippen LogP contribution < -0.4 is 10.6 Å². The molecule has 1 amide bonds. The molecule has 0 bridgehead atoms. The zero-order valence-electron chi connectivity index (χ0n) is 9.63. The van der Waals surface area contributed by atoms with Crippen LogP contribution in [0.5, 0.6) is 0 Å². The molecule has 1 fully saturated rings. The summed E-state index contributed by atoms with van der Waals surface area (Å²) in [5, 5.41) is 6.21. The maximum atomic E-state index is 11.7. The van der Waals surface area contributed by atoms with Crippen molar-refractivity contribution in [2.24, 2.45) is 0 Å². The van der Waals surface area contributed by atoms with Crippen molar-refractivity contribution in [1.29, 1.82) is 0 Å². The van der Waals surface area contributed by atoms with Gasteiger partial charge >= 0.3 is 0 Å². The first-order valence-electron chi connectivity index (χ1n) is 5.81. The number of carbonyl (C=O) groups excluding carboxylic acids is 1. The average molecular weight is 301 g/mol. The number of H-pyrrole nitrogens is 1. The zero-order chi connectivity index (χ0) is 12.1. The standard InChI is InChI=1S/C11H17BrN4O/c12-9-7-10(15-8-9)11(17)14-3-6-16-4-1-13-2-5-16/h7-8,13,15H,1-6H2,(H,14,17). The second-order valence-electron chi connectivity index (χ2n) is 4.08. The van der Waals surface area contributed by atoms with Gasteiger partial charge in [0.15, 0.2) is 0 Å². The van der Waals surface area contributed by atoms with Crippen molar-refractivity contribution in [1.82, 2.24) is 20.5 Å². The second kappa shape index (κ2) is 6.18. The Labute approximate surface area is 109 Å². The molecule has 0 aliphatic carbocycles. The molecule has 3 N–H and O–H groups in total. The highest BCUT2D eigenvalue weighted by Crippen LogP contribution is 2.10. The number of nitrogens with one attached hydrogen (secondary N) is 3. The minimum Gasteiger partial charge on any atom is -0.356 e. The molecule has 0 radical (unpaired) electrons. The van der Waals surface area contributed by atoms with Crippen LogP contribution in [0.15, 0.2) is 16.7 Å². The van der Waals surface area contributed by atoms with E-state index in [0.29, 0.717) is 12.2 Å². The highest BCUT2D eigenvalue weighted by Gasteiger charge is 2.10. The number of aromatic nitrogens is 1. The third-order valence-corrected chi connectivity index (χ3v) is 3.27. The van der Waals surface area contributed by atoms with E-state index in [1.807, 2.05) is 0 Å². The van der Waals surface area contributed by atoms with Crippen LogP contribution in [-0.4, -0.2) is 55.1 Å². The van der Waals surface area contributed by atoms with Crippen LogP contribution in [0.2, 0.25) is 0 Å². The molecule has 1 saturated heterocycles. The molecule has 0 saturated carbocycles. The van der Waals surface area contributed by atoms with Crippen LogP contribution >= 0.6 is 15.9 Å². The second-order valence-corrected chi connectivity index (χ2v) is 4.99. The van der Waals surface area contributed by atoms with Gasteiger partial charge in [0.1, 0.15) is 5.69 Å².